The molecule has 0 aromatic carbocycles. The molecule has 0 radical (unpaired) electrons. The van der Waals surface area contributed by atoms with Crippen LogP contribution in [0.4, 0.5) is 5.69 Å². The van der Waals surface area contributed by atoms with Crippen LogP contribution in [0.25, 0.3) is 0 Å². The van der Waals surface area contributed by atoms with Gasteiger partial charge in [0.2, 0.25) is 0 Å². The molecule has 0 unspecified atom stereocenters. The molecule has 19 heavy (non-hydrogen) atoms. The summed E-state index contributed by atoms with van der Waals surface area (Å²) in [4.78, 5) is 6.63. The summed E-state index contributed by atoms with van der Waals surface area (Å²) in [5.41, 5.74) is 1.20. The standard InChI is InChI=1S/C13H16BrN5/c14-12-7-13(9-15-8-12)18-4-1-11(2-5-18)10-19-6-3-16-17-19/h3,6-9,11H,1-2,4-5,10H2. The quantitative estimate of drug-likeness (QED) is 0.870. The number of piperidine rings is 1. The van der Waals surface area contributed by atoms with Crippen molar-refractivity contribution in [2.45, 2.75) is 19.4 Å². The molecule has 3 heterocycles. The molecule has 6 heteroatoms. The van der Waals surface area contributed by atoms with Gasteiger partial charge >= 0.3 is 0 Å². The van der Waals surface area contributed by atoms with Gasteiger partial charge in [-0.3, -0.25) is 9.67 Å². The van der Waals surface area contributed by atoms with Crippen molar-refractivity contribution in [1.82, 2.24) is 20.0 Å². The molecule has 0 bridgehead atoms. The predicted octanol–water partition coefficient (Wildman–Crippen LogP) is 2.35. The summed E-state index contributed by atoms with van der Waals surface area (Å²) in [7, 11) is 0. The largest absolute Gasteiger partial charge is 0.370 e. The van der Waals surface area contributed by atoms with Gasteiger partial charge in [0.1, 0.15) is 0 Å². The first-order valence-electron chi connectivity index (χ1n) is 6.51. The molecule has 100 valence electrons. The topological polar surface area (TPSA) is 46.8 Å². The van der Waals surface area contributed by atoms with E-state index in [0.717, 1.165) is 24.1 Å². The average molecular weight is 322 g/mol. The number of hydrogen-bond acceptors (Lipinski definition) is 4. The number of pyridine rings is 1. The minimum Gasteiger partial charge on any atom is -0.370 e. The maximum atomic E-state index is 4.23. The number of halogens is 1. The van der Waals surface area contributed by atoms with Crippen molar-refractivity contribution >= 4 is 21.6 Å². The number of hydrogen-bond donors (Lipinski definition) is 0. The highest BCUT2D eigenvalue weighted by atomic mass is 79.9. The molecule has 0 amide bonds. The molecule has 0 saturated carbocycles. The van der Waals surface area contributed by atoms with Gasteiger partial charge in [-0.05, 0) is 40.8 Å². The zero-order valence-electron chi connectivity index (χ0n) is 10.6. The maximum absolute atomic E-state index is 4.23. The van der Waals surface area contributed by atoms with Crippen molar-refractivity contribution in [2.24, 2.45) is 5.92 Å². The van der Waals surface area contributed by atoms with E-state index >= 15 is 0 Å². The molecule has 0 spiro atoms. The molecule has 1 saturated heterocycles. The number of nitrogens with zero attached hydrogens (tertiary/aromatic N) is 5. The molecule has 3 rings (SSSR count). The third-order valence-electron chi connectivity index (χ3n) is 3.59. The SMILES string of the molecule is Brc1cncc(N2CCC(Cn3ccnn3)CC2)c1. The lowest BCUT2D eigenvalue weighted by molar-refractivity contribution is 0.339. The van der Waals surface area contributed by atoms with Crippen molar-refractivity contribution < 1.29 is 0 Å². The Morgan fingerprint density at radius 3 is 2.79 bits per heavy atom. The van der Waals surface area contributed by atoms with Crippen LogP contribution in [-0.2, 0) is 6.54 Å². The highest BCUT2D eigenvalue weighted by molar-refractivity contribution is 9.10. The Kier molecular flexibility index (Phi) is 3.77. The smallest absolute Gasteiger partial charge is 0.0692 e. The lowest BCUT2D eigenvalue weighted by Gasteiger charge is -2.33. The molecule has 0 atom stereocenters. The van der Waals surface area contributed by atoms with Crippen LogP contribution in [0, 0.1) is 5.92 Å². The van der Waals surface area contributed by atoms with E-state index in [1.165, 1.54) is 18.5 Å². The first-order chi connectivity index (χ1) is 9.31. The highest BCUT2D eigenvalue weighted by Crippen LogP contribution is 2.25. The first-order valence-corrected chi connectivity index (χ1v) is 7.30. The fraction of sp³-hybridized carbons (Fsp3) is 0.462. The maximum Gasteiger partial charge on any atom is 0.0692 e. The van der Waals surface area contributed by atoms with E-state index in [-0.39, 0.29) is 0 Å². The van der Waals surface area contributed by atoms with Crippen molar-refractivity contribution in [2.75, 3.05) is 18.0 Å². The van der Waals surface area contributed by atoms with Crippen molar-refractivity contribution in [3.05, 3.63) is 35.3 Å². The fourth-order valence-corrected chi connectivity index (χ4v) is 2.89. The third-order valence-corrected chi connectivity index (χ3v) is 4.02. The molecule has 1 fully saturated rings. The first kappa shape index (κ1) is 12.6. The van der Waals surface area contributed by atoms with E-state index < -0.39 is 0 Å². The lowest BCUT2D eigenvalue weighted by atomic mass is 9.96. The highest BCUT2D eigenvalue weighted by Gasteiger charge is 2.20. The molecule has 0 aliphatic carbocycles. The summed E-state index contributed by atoms with van der Waals surface area (Å²) >= 11 is 3.47. The molecule has 1 aliphatic heterocycles. The van der Waals surface area contributed by atoms with Crippen LogP contribution in [0.2, 0.25) is 0 Å². The van der Waals surface area contributed by atoms with Crippen LogP contribution in [0.5, 0.6) is 0 Å². The fourth-order valence-electron chi connectivity index (χ4n) is 2.54. The second-order valence-electron chi connectivity index (χ2n) is 4.92. The van der Waals surface area contributed by atoms with Crippen LogP contribution in [0.1, 0.15) is 12.8 Å². The van der Waals surface area contributed by atoms with Crippen LogP contribution in [0.15, 0.2) is 35.3 Å². The van der Waals surface area contributed by atoms with E-state index in [4.69, 9.17) is 0 Å². The van der Waals surface area contributed by atoms with E-state index in [2.05, 4.69) is 42.2 Å². The summed E-state index contributed by atoms with van der Waals surface area (Å²) in [5.74, 6) is 0.693. The van der Waals surface area contributed by atoms with Crippen molar-refractivity contribution in [1.29, 1.82) is 0 Å². The van der Waals surface area contributed by atoms with Crippen LogP contribution >= 0.6 is 15.9 Å². The predicted molar refractivity (Wildman–Crippen MR) is 76.9 cm³/mol. The summed E-state index contributed by atoms with van der Waals surface area (Å²) in [6, 6.07) is 2.13. The Bertz CT molecular complexity index is 520. The van der Waals surface area contributed by atoms with Crippen molar-refractivity contribution in [3.8, 4) is 0 Å². The summed E-state index contributed by atoms with van der Waals surface area (Å²) < 4.78 is 2.97. The third kappa shape index (κ3) is 3.12. The monoisotopic (exact) mass is 321 g/mol. The zero-order valence-corrected chi connectivity index (χ0v) is 12.2. The van der Waals surface area contributed by atoms with Crippen molar-refractivity contribution in [3.63, 3.8) is 0 Å². The average Bonchev–Trinajstić information content (AvgIpc) is 2.92. The van der Waals surface area contributed by atoms with Gasteiger partial charge in [-0.15, -0.1) is 5.10 Å². The Morgan fingerprint density at radius 1 is 1.26 bits per heavy atom. The van der Waals surface area contributed by atoms with Gasteiger partial charge in [-0.2, -0.15) is 0 Å². The summed E-state index contributed by atoms with van der Waals surface area (Å²) in [6.07, 6.45) is 9.80. The Morgan fingerprint density at radius 2 is 2.11 bits per heavy atom. The van der Waals surface area contributed by atoms with Gasteiger partial charge in [-0.1, -0.05) is 5.21 Å². The molecule has 2 aromatic rings. The normalized spacial score (nSPS) is 16.8. The van der Waals surface area contributed by atoms with E-state index in [0.29, 0.717) is 5.92 Å². The second kappa shape index (κ2) is 5.69. The molecule has 2 aromatic heterocycles. The Balaban J connectivity index is 1.57. The molecular weight excluding hydrogens is 306 g/mol. The van der Waals surface area contributed by atoms with Gasteiger partial charge in [0.05, 0.1) is 18.1 Å². The molecule has 0 N–H and O–H groups in total. The van der Waals surface area contributed by atoms with E-state index in [9.17, 15) is 0 Å². The minimum atomic E-state index is 0.693. The Labute approximate surface area is 120 Å². The molecular formula is C13H16BrN5. The van der Waals surface area contributed by atoms with Crippen LogP contribution in [-0.4, -0.2) is 33.1 Å². The number of aromatic nitrogens is 4. The molecule has 5 nitrogen and oxygen atoms in total. The van der Waals surface area contributed by atoms with Gasteiger partial charge in [-0.25, -0.2) is 0 Å². The zero-order chi connectivity index (χ0) is 13.1. The van der Waals surface area contributed by atoms with Crippen LogP contribution in [0.3, 0.4) is 0 Å². The minimum absolute atomic E-state index is 0.693. The van der Waals surface area contributed by atoms with E-state index in [1.807, 2.05) is 23.3 Å². The number of anilines is 1. The van der Waals surface area contributed by atoms with Crippen LogP contribution < -0.4 is 4.90 Å². The summed E-state index contributed by atoms with van der Waals surface area (Å²) in [5, 5.41) is 7.88. The molecule has 1 aliphatic rings. The lowest BCUT2D eigenvalue weighted by Crippen LogP contribution is -2.35. The van der Waals surface area contributed by atoms with Gasteiger partial charge in [0.25, 0.3) is 0 Å². The second-order valence-corrected chi connectivity index (χ2v) is 5.83. The van der Waals surface area contributed by atoms with Gasteiger partial charge in [0.15, 0.2) is 0 Å². The van der Waals surface area contributed by atoms with Gasteiger partial charge in [0, 0.05) is 36.5 Å². The summed E-state index contributed by atoms with van der Waals surface area (Å²) in [6.45, 7) is 3.14. The van der Waals surface area contributed by atoms with E-state index in [1.54, 1.807) is 6.20 Å². The number of rotatable bonds is 3. The Hall–Kier alpha value is -1.43. The van der Waals surface area contributed by atoms with Gasteiger partial charge < -0.3 is 4.90 Å².